The van der Waals surface area contributed by atoms with Crippen molar-refractivity contribution in [1.29, 1.82) is 0 Å². The molecule has 24 heavy (non-hydrogen) atoms. The fourth-order valence-electron chi connectivity index (χ4n) is 2.66. The van der Waals surface area contributed by atoms with Gasteiger partial charge in [-0.1, -0.05) is 34.1 Å². The first-order valence-corrected chi connectivity index (χ1v) is 8.84. The standard InChI is InChI=1S/C20H20BrNO2/c1-14(20(23)9-4-15-3-2-10-22-13-15)24-19-8-6-16-11-18(21)7-5-17(16)12-19/h2-3,5-8,10-14,20,23H,4,9H2,1H3/t14-,20+/m1/s1. The second-order valence-electron chi connectivity index (χ2n) is 5.94. The van der Waals surface area contributed by atoms with E-state index in [0.29, 0.717) is 6.42 Å². The molecule has 0 aliphatic heterocycles. The number of benzene rings is 2. The van der Waals surface area contributed by atoms with Crippen LogP contribution in [0.25, 0.3) is 10.8 Å². The third-order valence-electron chi connectivity index (χ3n) is 4.09. The number of fused-ring (bicyclic) bond motifs is 1. The summed E-state index contributed by atoms with van der Waals surface area (Å²) in [4.78, 5) is 4.09. The average Bonchev–Trinajstić information content (AvgIpc) is 2.60. The summed E-state index contributed by atoms with van der Waals surface area (Å²) in [5.41, 5.74) is 1.13. The van der Waals surface area contributed by atoms with Gasteiger partial charge in [-0.15, -0.1) is 0 Å². The zero-order valence-electron chi connectivity index (χ0n) is 13.5. The van der Waals surface area contributed by atoms with E-state index in [1.807, 2.05) is 49.5 Å². The maximum absolute atomic E-state index is 10.3. The molecule has 2 atom stereocenters. The fourth-order valence-corrected chi connectivity index (χ4v) is 3.04. The van der Waals surface area contributed by atoms with Gasteiger partial charge in [-0.05, 0) is 66.4 Å². The van der Waals surface area contributed by atoms with Crippen LogP contribution in [-0.4, -0.2) is 22.3 Å². The molecule has 1 heterocycles. The van der Waals surface area contributed by atoms with Gasteiger partial charge in [0.1, 0.15) is 11.9 Å². The molecule has 0 unspecified atom stereocenters. The first-order chi connectivity index (χ1) is 11.6. The Morgan fingerprint density at radius 1 is 1.12 bits per heavy atom. The highest BCUT2D eigenvalue weighted by atomic mass is 79.9. The Hall–Kier alpha value is -1.91. The molecule has 0 spiro atoms. The van der Waals surface area contributed by atoms with Crippen LogP contribution in [0.2, 0.25) is 0 Å². The second-order valence-corrected chi connectivity index (χ2v) is 6.86. The summed E-state index contributed by atoms with van der Waals surface area (Å²) < 4.78 is 6.98. The topological polar surface area (TPSA) is 42.4 Å². The van der Waals surface area contributed by atoms with Gasteiger partial charge in [-0.3, -0.25) is 4.98 Å². The van der Waals surface area contributed by atoms with E-state index in [1.165, 1.54) is 0 Å². The predicted molar refractivity (Wildman–Crippen MR) is 100 cm³/mol. The number of hydrogen-bond donors (Lipinski definition) is 1. The summed E-state index contributed by atoms with van der Waals surface area (Å²) in [6, 6.07) is 16.1. The summed E-state index contributed by atoms with van der Waals surface area (Å²) in [7, 11) is 0. The summed E-state index contributed by atoms with van der Waals surface area (Å²) >= 11 is 3.48. The minimum absolute atomic E-state index is 0.269. The molecule has 0 amide bonds. The lowest BCUT2D eigenvalue weighted by Gasteiger charge is -2.21. The highest BCUT2D eigenvalue weighted by Gasteiger charge is 2.16. The number of aryl methyl sites for hydroxylation is 1. The van der Waals surface area contributed by atoms with E-state index in [4.69, 9.17) is 4.74 Å². The Bertz CT molecular complexity index is 807. The number of aliphatic hydroxyl groups excluding tert-OH is 1. The van der Waals surface area contributed by atoms with E-state index >= 15 is 0 Å². The number of aromatic nitrogens is 1. The molecule has 2 aromatic carbocycles. The van der Waals surface area contributed by atoms with E-state index < -0.39 is 6.10 Å². The molecule has 3 rings (SSSR count). The second kappa shape index (κ2) is 7.77. The van der Waals surface area contributed by atoms with Crippen LogP contribution in [0, 0.1) is 0 Å². The Kier molecular flexibility index (Phi) is 5.48. The van der Waals surface area contributed by atoms with Crippen molar-refractivity contribution in [2.45, 2.75) is 32.0 Å². The maximum atomic E-state index is 10.3. The molecule has 0 saturated carbocycles. The third kappa shape index (κ3) is 4.34. The lowest BCUT2D eigenvalue weighted by atomic mass is 10.1. The van der Waals surface area contributed by atoms with Crippen molar-refractivity contribution in [1.82, 2.24) is 4.98 Å². The molecule has 0 aliphatic rings. The van der Waals surface area contributed by atoms with Crippen molar-refractivity contribution < 1.29 is 9.84 Å². The van der Waals surface area contributed by atoms with Crippen LogP contribution < -0.4 is 4.74 Å². The van der Waals surface area contributed by atoms with Crippen molar-refractivity contribution in [2.24, 2.45) is 0 Å². The molecule has 0 radical (unpaired) electrons. The van der Waals surface area contributed by atoms with Gasteiger partial charge in [0.2, 0.25) is 0 Å². The number of pyridine rings is 1. The van der Waals surface area contributed by atoms with Gasteiger partial charge in [-0.25, -0.2) is 0 Å². The summed E-state index contributed by atoms with van der Waals surface area (Å²) in [5.74, 6) is 0.776. The number of hydrogen-bond acceptors (Lipinski definition) is 3. The van der Waals surface area contributed by atoms with E-state index in [-0.39, 0.29) is 6.10 Å². The molecule has 0 saturated heterocycles. The molecule has 0 bridgehead atoms. The van der Waals surface area contributed by atoms with E-state index in [2.05, 4.69) is 33.0 Å². The molecule has 3 aromatic rings. The minimum atomic E-state index is -0.522. The Balaban J connectivity index is 1.61. The molecular formula is C20H20BrNO2. The lowest BCUT2D eigenvalue weighted by Crippen LogP contribution is -2.29. The van der Waals surface area contributed by atoms with Crippen LogP contribution in [-0.2, 0) is 6.42 Å². The van der Waals surface area contributed by atoms with E-state index in [0.717, 1.165) is 33.0 Å². The Labute approximate surface area is 150 Å². The van der Waals surface area contributed by atoms with Crippen LogP contribution in [0.15, 0.2) is 65.4 Å². The highest BCUT2D eigenvalue weighted by molar-refractivity contribution is 9.10. The van der Waals surface area contributed by atoms with Gasteiger partial charge in [-0.2, -0.15) is 0 Å². The quantitative estimate of drug-likeness (QED) is 0.664. The van der Waals surface area contributed by atoms with Crippen molar-refractivity contribution in [3.8, 4) is 5.75 Å². The highest BCUT2D eigenvalue weighted by Crippen LogP contribution is 2.25. The van der Waals surface area contributed by atoms with Gasteiger partial charge < -0.3 is 9.84 Å². The zero-order valence-corrected chi connectivity index (χ0v) is 15.1. The van der Waals surface area contributed by atoms with Crippen LogP contribution in [0.3, 0.4) is 0 Å². The third-order valence-corrected chi connectivity index (χ3v) is 4.58. The molecule has 124 valence electrons. The van der Waals surface area contributed by atoms with Crippen LogP contribution in [0.5, 0.6) is 5.75 Å². The van der Waals surface area contributed by atoms with Crippen LogP contribution in [0.1, 0.15) is 18.9 Å². The molecule has 0 aliphatic carbocycles. The first kappa shape index (κ1) is 16.9. The summed E-state index contributed by atoms with van der Waals surface area (Å²) in [5, 5.41) is 12.6. The maximum Gasteiger partial charge on any atom is 0.122 e. The molecule has 1 aromatic heterocycles. The Morgan fingerprint density at radius 3 is 2.71 bits per heavy atom. The zero-order chi connectivity index (χ0) is 16.9. The predicted octanol–water partition coefficient (Wildman–Crippen LogP) is 4.76. The SMILES string of the molecule is C[C@@H](Oc1ccc2cc(Br)ccc2c1)[C@@H](O)CCc1cccnc1. The van der Waals surface area contributed by atoms with Crippen molar-refractivity contribution >= 4 is 26.7 Å². The molecule has 4 heteroatoms. The molecule has 3 nitrogen and oxygen atoms in total. The number of aliphatic hydroxyl groups is 1. The normalized spacial score (nSPS) is 13.6. The summed E-state index contributed by atoms with van der Waals surface area (Å²) in [6.45, 7) is 1.90. The van der Waals surface area contributed by atoms with Gasteiger partial charge in [0, 0.05) is 16.9 Å². The van der Waals surface area contributed by atoms with Crippen molar-refractivity contribution in [3.63, 3.8) is 0 Å². The van der Waals surface area contributed by atoms with Gasteiger partial charge in [0.05, 0.1) is 6.10 Å². The molecule has 0 fully saturated rings. The van der Waals surface area contributed by atoms with Crippen LogP contribution in [0.4, 0.5) is 0 Å². The van der Waals surface area contributed by atoms with E-state index in [1.54, 1.807) is 6.20 Å². The molecule has 1 N–H and O–H groups in total. The minimum Gasteiger partial charge on any atom is -0.488 e. The monoisotopic (exact) mass is 385 g/mol. The smallest absolute Gasteiger partial charge is 0.122 e. The van der Waals surface area contributed by atoms with Gasteiger partial charge >= 0.3 is 0 Å². The number of halogens is 1. The van der Waals surface area contributed by atoms with Crippen molar-refractivity contribution in [3.05, 3.63) is 71.0 Å². The largest absolute Gasteiger partial charge is 0.488 e. The van der Waals surface area contributed by atoms with Crippen molar-refractivity contribution in [2.75, 3.05) is 0 Å². The number of ether oxygens (including phenoxy) is 1. The van der Waals surface area contributed by atoms with Gasteiger partial charge in [0.25, 0.3) is 0 Å². The molecular weight excluding hydrogens is 366 g/mol. The number of nitrogens with zero attached hydrogens (tertiary/aromatic N) is 1. The summed E-state index contributed by atoms with van der Waals surface area (Å²) in [6.07, 6.45) is 4.23. The average molecular weight is 386 g/mol. The first-order valence-electron chi connectivity index (χ1n) is 8.05. The fraction of sp³-hybridized carbons (Fsp3) is 0.250. The van der Waals surface area contributed by atoms with Gasteiger partial charge in [0.15, 0.2) is 0 Å². The van der Waals surface area contributed by atoms with Crippen LogP contribution >= 0.6 is 15.9 Å². The number of rotatable bonds is 6. The van der Waals surface area contributed by atoms with E-state index in [9.17, 15) is 5.11 Å². The lowest BCUT2D eigenvalue weighted by molar-refractivity contribution is 0.0421. The Morgan fingerprint density at radius 2 is 1.92 bits per heavy atom.